The van der Waals surface area contributed by atoms with Crippen molar-refractivity contribution in [3.05, 3.63) is 30.3 Å². The quantitative estimate of drug-likeness (QED) is 0.577. The Bertz CT molecular complexity index is 221. The van der Waals surface area contributed by atoms with Crippen LogP contribution >= 0.6 is 11.8 Å². The Morgan fingerprint density at radius 2 is 2.00 bits per heavy atom. The van der Waals surface area contributed by atoms with Crippen LogP contribution < -0.4 is 0 Å². The van der Waals surface area contributed by atoms with Gasteiger partial charge >= 0.3 is 0 Å². The third-order valence-electron chi connectivity index (χ3n) is 1.78. The van der Waals surface area contributed by atoms with E-state index in [2.05, 4.69) is 24.3 Å². The van der Waals surface area contributed by atoms with Gasteiger partial charge in [0.15, 0.2) is 0 Å². The lowest BCUT2D eigenvalue weighted by Crippen LogP contribution is -1.99. The first-order valence-corrected chi connectivity index (χ1v) is 5.63. The Hall–Kier alpha value is -0.470. The lowest BCUT2D eigenvalue weighted by molar-refractivity contribution is 0.184. The summed E-state index contributed by atoms with van der Waals surface area (Å²) in [5, 5.41) is 9.04. The van der Waals surface area contributed by atoms with Gasteiger partial charge in [-0.1, -0.05) is 18.2 Å². The van der Waals surface area contributed by atoms with Crippen molar-refractivity contribution in [3.8, 4) is 0 Å². The van der Waals surface area contributed by atoms with Gasteiger partial charge in [0.05, 0.1) is 6.10 Å². The average molecular weight is 196 g/mol. The summed E-state index contributed by atoms with van der Waals surface area (Å²) >= 11 is 1.85. The molecule has 0 saturated heterocycles. The summed E-state index contributed by atoms with van der Waals surface area (Å²) in [6, 6.07) is 10.4. The van der Waals surface area contributed by atoms with Crippen LogP contribution in [-0.2, 0) is 0 Å². The van der Waals surface area contributed by atoms with E-state index in [0.29, 0.717) is 0 Å². The summed E-state index contributed by atoms with van der Waals surface area (Å²) in [5.41, 5.74) is 0. The van der Waals surface area contributed by atoms with Gasteiger partial charge in [-0.3, -0.25) is 0 Å². The van der Waals surface area contributed by atoms with E-state index in [1.54, 1.807) is 0 Å². The molecule has 0 unspecified atom stereocenters. The average Bonchev–Trinajstić information content (AvgIpc) is 2.14. The molecule has 0 aliphatic heterocycles. The van der Waals surface area contributed by atoms with Gasteiger partial charge < -0.3 is 5.11 Å². The van der Waals surface area contributed by atoms with Crippen LogP contribution in [0, 0.1) is 0 Å². The lowest BCUT2D eigenvalue weighted by Gasteiger charge is -2.03. The van der Waals surface area contributed by atoms with Crippen molar-refractivity contribution in [1.29, 1.82) is 0 Å². The predicted octanol–water partition coefficient (Wildman–Crippen LogP) is 2.94. The Morgan fingerprint density at radius 3 is 2.62 bits per heavy atom. The van der Waals surface area contributed by atoms with Gasteiger partial charge in [-0.05, 0) is 37.7 Å². The molecule has 1 rings (SSSR count). The molecule has 1 N–H and O–H groups in total. The van der Waals surface area contributed by atoms with Crippen LogP contribution in [0.15, 0.2) is 35.2 Å². The summed E-state index contributed by atoms with van der Waals surface area (Å²) in [6.07, 6.45) is 1.83. The summed E-state index contributed by atoms with van der Waals surface area (Å²) in [6.45, 7) is 1.84. The smallest absolute Gasteiger partial charge is 0.0512 e. The highest BCUT2D eigenvalue weighted by molar-refractivity contribution is 7.99. The maximum Gasteiger partial charge on any atom is 0.0512 e. The summed E-state index contributed by atoms with van der Waals surface area (Å²) < 4.78 is 0. The van der Waals surface area contributed by atoms with Gasteiger partial charge in [-0.15, -0.1) is 11.8 Å². The van der Waals surface area contributed by atoms with E-state index >= 15 is 0 Å². The van der Waals surface area contributed by atoms with Crippen molar-refractivity contribution in [2.75, 3.05) is 5.75 Å². The van der Waals surface area contributed by atoms with E-state index in [1.165, 1.54) is 4.90 Å². The predicted molar refractivity (Wildman–Crippen MR) is 58.1 cm³/mol. The molecule has 72 valence electrons. The summed E-state index contributed by atoms with van der Waals surface area (Å²) in [4.78, 5) is 1.31. The number of aliphatic hydroxyl groups is 1. The highest BCUT2D eigenvalue weighted by Gasteiger charge is 1.96. The van der Waals surface area contributed by atoms with Gasteiger partial charge in [0.1, 0.15) is 0 Å². The Morgan fingerprint density at radius 1 is 1.31 bits per heavy atom. The third-order valence-corrected chi connectivity index (χ3v) is 2.88. The van der Waals surface area contributed by atoms with Crippen LogP contribution in [0.3, 0.4) is 0 Å². The van der Waals surface area contributed by atoms with Crippen LogP contribution in [-0.4, -0.2) is 17.0 Å². The molecule has 1 atom stereocenters. The highest BCUT2D eigenvalue weighted by atomic mass is 32.2. The van der Waals surface area contributed by atoms with Gasteiger partial charge in [0, 0.05) is 4.90 Å². The van der Waals surface area contributed by atoms with E-state index in [9.17, 15) is 0 Å². The van der Waals surface area contributed by atoms with E-state index in [0.717, 1.165) is 18.6 Å². The minimum atomic E-state index is -0.156. The molecule has 1 aromatic rings. The van der Waals surface area contributed by atoms with Crippen LogP contribution in [0.25, 0.3) is 0 Å². The minimum Gasteiger partial charge on any atom is -0.393 e. The zero-order chi connectivity index (χ0) is 9.52. The van der Waals surface area contributed by atoms with Crippen LogP contribution in [0.2, 0.25) is 0 Å². The van der Waals surface area contributed by atoms with Crippen LogP contribution in [0.4, 0.5) is 0 Å². The first-order valence-electron chi connectivity index (χ1n) is 4.65. The second-order valence-electron chi connectivity index (χ2n) is 3.15. The van der Waals surface area contributed by atoms with Crippen molar-refractivity contribution in [2.24, 2.45) is 0 Å². The molecule has 0 bridgehead atoms. The fourth-order valence-electron chi connectivity index (χ4n) is 1.09. The highest BCUT2D eigenvalue weighted by Crippen LogP contribution is 2.18. The second-order valence-corrected chi connectivity index (χ2v) is 4.32. The molecule has 0 aliphatic carbocycles. The van der Waals surface area contributed by atoms with Gasteiger partial charge in [0.2, 0.25) is 0 Å². The van der Waals surface area contributed by atoms with Gasteiger partial charge in [0.25, 0.3) is 0 Å². The monoisotopic (exact) mass is 196 g/mol. The van der Waals surface area contributed by atoms with E-state index in [4.69, 9.17) is 5.11 Å². The Kier molecular flexibility index (Phi) is 4.94. The molecular weight excluding hydrogens is 180 g/mol. The molecule has 0 fully saturated rings. The van der Waals surface area contributed by atoms with Crippen molar-refractivity contribution in [1.82, 2.24) is 0 Å². The fourth-order valence-corrected chi connectivity index (χ4v) is 1.98. The third kappa shape index (κ3) is 4.96. The number of thioether (sulfide) groups is 1. The molecule has 2 heteroatoms. The number of hydrogen-bond acceptors (Lipinski definition) is 2. The van der Waals surface area contributed by atoms with Gasteiger partial charge in [-0.2, -0.15) is 0 Å². The molecule has 13 heavy (non-hydrogen) atoms. The molecule has 0 heterocycles. The first kappa shape index (κ1) is 10.6. The molecule has 0 saturated carbocycles. The SMILES string of the molecule is C[C@@H](O)CCCSc1ccccc1. The zero-order valence-corrected chi connectivity index (χ0v) is 8.76. The van der Waals surface area contributed by atoms with E-state index in [1.807, 2.05) is 24.8 Å². The van der Waals surface area contributed by atoms with Crippen LogP contribution in [0.5, 0.6) is 0 Å². The van der Waals surface area contributed by atoms with Crippen molar-refractivity contribution >= 4 is 11.8 Å². The number of aliphatic hydroxyl groups excluding tert-OH is 1. The normalized spacial score (nSPS) is 12.8. The molecule has 0 spiro atoms. The number of rotatable bonds is 5. The minimum absolute atomic E-state index is 0.156. The van der Waals surface area contributed by atoms with E-state index < -0.39 is 0 Å². The second kappa shape index (κ2) is 6.06. The molecule has 1 aromatic carbocycles. The first-order chi connectivity index (χ1) is 6.29. The van der Waals surface area contributed by atoms with Crippen molar-refractivity contribution in [2.45, 2.75) is 30.8 Å². The van der Waals surface area contributed by atoms with Crippen LogP contribution in [0.1, 0.15) is 19.8 Å². The molecule has 0 aliphatic rings. The fraction of sp³-hybridized carbons (Fsp3) is 0.455. The van der Waals surface area contributed by atoms with Gasteiger partial charge in [-0.25, -0.2) is 0 Å². The number of hydrogen-bond donors (Lipinski definition) is 1. The summed E-state index contributed by atoms with van der Waals surface area (Å²) in [5.74, 6) is 1.09. The zero-order valence-electron chi connectivity index (χ0n) is 7.94. The molecule has 0 amide bonds. The maximum absolute atomic E-state index is 9.04. The van der Waals surface area contributed by atoms with Crippen molar-refractivity contribution in [3.63, 3.8) is 0 Å². The summed E-state index contributed by atoms with van der Waals surface area (Å²) in [7, 11) is 0. The Labute approximate surface area is 84.2 Å². The topological polar surface area (TPSA) is 20.2 Å². The molecular formula is C11H16OS. The lowest BCUT2D eigenvalue weighted by atomic mass is 10.2. The standard InChI is InChI=1S/C11H16OS/c1-10(12)6-5-9-13-11-7-3-2-4-8-11/h2-4,7-8,10,12H,5-6,9H2,1H3/t10-/m1/s1. The van der Waals surface area contributed by atoms with Crippen molar-refractivity contribution < 1.29 is 5.11 Å². The molecule has 0 radical (unpaired) electrons. The Balaban J connectivity index is 2.13. The largest absolute Gasteiger partial charge is 0.393 e. The molecule has 1 nitrogen and oxygen atoms in total. The van der Waals surface area contributed by atoms with E-state index in [-0.39, 0.29) is 6.10 Å². The maximum atomic E-state index is 9.04. The number of benzene rings is 1. The molecule has 0 aromatic heterocycles.